The van der Waals surface area contributed by atoms with Crippen LogP contribution in [0.2, 0.25) is 0 Å². The van der Waals surface area contributed by atoms with E-state index in [9.17, 15) is 9.59 Å². The van der Waals surface area contributed by atoms with Gasteiger partial charge in [0.15, 0.2) is 0 Å². The summed E-state index contributed by atoms with van der Waals surface area (Å²) in [6.07, 6.45) is 6.86. The van der Waals surface area contributed by atoms with E-state index in [1.807, 2.05) is 109 Å². The summed E-state index contributed by atoms with van der Waals surface area (Å²) < 4.78 is 11.6. The van der Waals surface area contributed by atoms with Crippen molar-refractivity contribution in [1.29, 1.82) is 0 Å². The van der Waals surface area contributed by atoms with Crippen LogP contribution in [-0.2, 0) is 22.8 Å². The molecule has 0 saturated carbocycles. The number of amides is 2. The Labute approximate surface area is 249 Å². The molecule has 0 fully saturated rings. The fourth-order valence-corrected chi connectivity index (χ4v) is 4.48. The molecule has 6 heteroatoms. The van der Waals surface area contributed by atoms with Crippen LogP contribution in [0.5, 0.6) is 11.5 Å². The van der Waals surface area contributed by atoms with Gasteiger partial charge in [-0.2, -0.15) is 0 Å². The van der Waals surface area contributed by atoms with Gasteiger partial charge in [0.2, 0.25) is 11.8 Å². The third-order valence-electron chi connectivity index (χ3n) is 6.83. The second kappa shape index (κ2) is 17.3. The van der Waals surface area contributed by atoms with E-state index in [0.29, 0.717) is 26.1 Å². The van der Waals surface area contributed by atoms with E-state index in [0.717, 1.165) is 72.5 Å². The molecule has 0 heterocycles. The van der Waals surface area contributed by atoms with E-state index in [4.69, 9.17) is 9.47 Å². The first-order valence-corrected chi connectivity index (χ1v) is 14.8. The van der Waals surface area contributed by atoms with Crippen LogP contribution in [0.4, 0.5) is 11.4 Å². The van der Waals surface area contributed by atoms with E-state index < -0.39 is 0 Å². The molecular weight excluding hydrogens is 524 g/mol. The average molecular weight is 565 g/mol. The Kier molecular flexibility index (Phi) is 12.5. The molecule has 4 aromatic carbocycles. The van der Waals surface area contributed by atoms with Crippen molar-refractivity contribution in [3.05, 3.63) is 120 Å². The van der Waals surface area contributed by atoms with Gasteiger partial charge in [0.25, 0.3) is 0 Å². The third-order valence-corrected chi connectivity index (χ3v) is 6.83. The number of carbonyl (C=O) groups is 2. The molecule has 2 amide bonds. The molecule has 42 heavy (non-hydrogen) atoms. The van der Waals surface area contributed by atoms with Crippen molar-refractivity contribution in [2.24, 2.45) is 0 Å². The smallest absolute Gasteiger partial charge is 0.224 e. The Morgan fingerprint density at radius 1 is 0.452 bits per heavy atom. The third kappa shape index (κ3) is 11.5. The summed E-state index contributed by atoms with van der Waals surface area (Å²) in [5, 5.41) is 5.91. The summed E-state index contributed by atoms with van der Waals surface area (Å²) in [6, 6.07) is 35.0. The quantitative estimate of drug-likeness (QED) is 0.126. The molecule has 0 aromatic heterocycles. The molecule has 2 N–H and O–H groups in total. The number of nitrogens with one attached hydrogen (secondary N) is 2. The summed E-state index contributed by atoms with van der Waals surface area (Å²) in [6.45, 7) is 1.03. The minimum atomic E-state index is 0.0282. The van der Waals surface area contributed by atoms with Crippen LogP contribution < -0.4 is 20.1 Å². The molecule has 0 aliphatic carbocycles. The summed E-state index contributed by atoms with van der Waals surface area (Å²) in [5.74, 6) is 1.60. The first-order valence-electron chi connectivity index (χ1n) is 14.8. The van der Waals surface area contributed by atoms with E-state index in [1.54, 1.807) is 0 Å². The van der Waals surface area contributed by atoms with Gasteiger partial charge in [-0.3, -0.25) is 9.59 Å². The second-order valence-electron chi connectivity index (χ2n) is 10.3. The Balaban J connectivity index is 0.993. The van der Waals surface area contributed by atoms with Crippen molar-refractivity contribution in [2.75, 3.05) is 10.6 Å². The number of anilines is 2. The highest BCUT2D eigenvalue weighted by atomic mass is 16.5. The lowest BCUT2D eigenvalue weighted by Crippen LogP contribution is -2.11. The lowest BCUT2D eigenvalue weighted by atomic mass is 10.1. The van der Waals surface area contributed by atoms with Crippen molar-refractivity contribution in [3.8, 4) is 11.5 Å². The maximum Gasteiger partial charge on any atom is 0.224 e. The van der Waals surface area contributed by atoms with E-state index in [-0.39, 0.29) is 11.8 Å². The molecule has 0 unspecified atom stereocenters. The lowest BCUT2D eigenvalue weighted by Gasteiger charge is -2.09. The molecule has 4 rings (SSSR count). The van der Waals surface area contributed by atoms with E-state index >= 15 is 0 Å². The van der Waals surface area contributed by atoms with Crippen LogP contribution in [-0.4, -0.2) is 11.8 Å². The van der Waals surface area contributed by atoms with Crippen molar-refractivity contribution in [3.63, 3.8) is 0 Å². The zero-order chi connectivity index (χ0) is 29.2. The van der Waals surface area contributed by atoms with Gasteiger partial charge in [-0.15, -0.1) is 0 Å². The zero-order valence-electron chi connectivity index (χ0n) is 24.1. The lowest BCUT2D eigenvalue weighted by molar-refractivity contribution is -0.117. The van der Waals surface area contributed by atoms with Gasteiger partial charge in [-0.25, -0.2) is 0 Å². The molecule has 4 aromatic rings. The zero-order valence-corrected chi connectivity index (χ0v) is 24.1. The minimum absolute atomic E-state index is 0.0282. The Hall–Kier alpha value is -4.58. The predicted octanol–water partition coefficient (Wildman–Crippen LogP) is 8.54. The van der Waals surface area contributed by atoms with Crippen LogP contribution in [0.1, 0.15) is 62.5 Å². The molecule has 0 bridgehead atoms. The van der Waals surface area contributed by atoms with Crippen molar-refractivity contribution in [1.82, 2.24) is 0 Å². The van der Waals surface area contributed by atoms with E-state index in [2.05, 4.69) is 10.6 Å². The first kappa shape index (κ1) is 30.4. The summed E-state index contributed by atoms with van der Waals surface area (Å²) >= 11 is 0. The van der Waals surface area contributed by atoms with Crippen molar-refractivity contribution in [2.45, 2.75) is 64.6 Å². The molecule has 0 aliphatic rings. The van der Waals surface area contributed by atoms with Gasteiger partial charge in [0.1, 0.15) is 24.7 Å². The summed E-state index contributed by atoms with van der Waals surface area (Å²) in [4.78, 5) is 24.6. The minimum Gasteiger partial charge on any atom is -0.489 e. The maximum atomic E-state index is 12.3. The van der Waals surface area contributed by atoms with Gasteiger partial charge in [0.05, 0.1) is 0 Å². The number of hydrogen-bond donors (Lipinski definition) is 2. The highest BCUT2D eigenvalue weighted by Crippen LogP contribution is 2.19. The number of benzene rings is 4. The van der Waals surface area contributed by atoms with Gasteiger partial charge in [0, 0.05) is 24.2 Å². The van der Waals surface area contributed by atoms with Gasteiger partial charge >= 0.3 is 0 Å². The summed E-state index contributed by atoms with van der Waals surface area (Å²) in [5.41, 5.74) is 3.78. The normalized spacial score (nSPS) is 10.6. The number of unbranched alkanes of at least 4 members (excludes halogenated alkanes) is 5. The molecule has 0 saturated heterocycles. The molecule has 218 valence electrons. The largest absolute Gasteiger partial charge is 0.489 e. The fraction of sp³-hybridized carbons (Fsp3) is 0.278. The monoisotopic (exact) mass is 564 g/mol. The molecule has 0 spiro atoms. The molecule has 0 aliphatic heterocycles. The maximum absolute atomic E-state index is 12.3. The van der Waals surface area contributed by atoms with Gasteiger partial charge < -0.3 is 20.1 Å². The van der Waals surface area contributed by atoms with Gasteiger partial charge in [-0.1, -0.05) is 86.3 Å². The molecule has 0 atom stereocenters. The Morgan fingerprint density at radius 2 is 0.810 bits per heavy atom. The molecule has 6 nitrogen and oxygen atoms in total. The predicted molar refractivity (Wildman–Crippen MR) is 169 cm³/mol. The van der Waals surface area contributed by atoms with E-state index in [1.165, 1.54) is 0 Å². The fourth-order valence-electron chi connectivity index (χ4n) is 4.48. The Bertz CT molecular complexity index is 1230. The number of rotatable bonds is 17. The SMILES string of the molecule is O=C(CCCCCCCCC(=O)Nc1ccc(OCc2ccccc2)cc1)Nc1ccc(OCc2ccccc2)cc1. The van der Waals surface area contributed by atoms with Gasteiger partial charge in [-0.05, 0) is 72.5 Å². The van der Waals surface area contributed by atoms with Crippen LogP contribution in [0.15, 0.2) is 109 Å². The molecular formula is C36H40N2O4. The standard InChI is InChI=1S/C36H40N2O4/c39-35(37-31-19-23-33(24-20-31)41-27-29-13-7-5-8-14-29)17-11-3-1-2-4-12-18-36(40)38-32-21-25-34(26-22-32)42-28-30-15-9-6-10-16-30/h5-10,13-16,19-26H,1-4,11-12,17-18,27-28H2,(H,37,39)(H,38,40). The first-order chi connectivity index (χ1) is 20.6. The number of hydrogen-bond acceptors (Lipinski definition) is 4. The average Bonchev–Trinajstić information content (AvgIpc) is 3.02. The summed E-state index contributed by atoms with van der Waals surface area (Å²) in [7, 11) is 0. The van der Waals surface area contributed by atoms with Crippen molar-refractivity contribution < 1.29 is 19.1 Å². The van der Waals surface area contributed by atoms with Crippen LogP contribution in [0.25, 0.3) is 0 Å². The van der Waals surface area contributed by atoms with Crippen LogP contribution >= 0.6 is 0 Å². The Morgan fingerprint density at radius 3 is 1.19 bits per heavy atom. The number of carbonyl (C=O) groups excluding carboxylic acids is 2. The molecule has 0 radical (unpaired) electrons. The highest BCUT2D eigenvalue weighted by molar-refractivity contribution is 5.91. The second-order valence-corrected chi connectivity index (χ2v) is 10.3. The topological polar surface area (TPSA) is 76.7 Å². The number of ether oxygens (including phenoxy) is 2. The van der Waals surface area contributed by atoms with Crippen molar-refractivity contribution >= 4 is 23.2 Å². The highest BCUT2D eigenvalue weighted by Gasteiger charge is 2.05. The van der Waals surface area contributed by atoms with Crippen LogP contribution in [0, 0.1) is 0 Å². The van der Waals surface area contributed by atoms with Crippen LogP contribution in [0.3, 0.4) is 0 Å².